The van der Waals surface area contributed by atoms with Gasteiger partial charge in [-0.25, -0.2) is 8.42 Å². The van der Waals surface area contributed by atoms with Crippen molar-refractivity contribution in [2.45, 2.75) is 31.7 Å². The molecule has 0 fully saturated rings. The van der Waals surface area contributed by atoms with Gasteiger partial charge in [0.05, 0.1) is 0 Å². The van der Waals surface area contributed by atoms with E-state index in [1.54, 1.807) is 11.6 Å². The Kier molecular flexibility index (Phi) is 4.45. The molecule has 0 aliphatic heterocycles. The summed E-state index contributed by atoms with van der Waals surface area (Å²) in [6.07, 6.45) is 1.39. The number of aromatic nitrogens is 1. The average molecular weight is 293 g/mol. The Morgan fingerprint density at radius 1 is 1.50 bits per heavy atom. The van der Waals surface area contributed by atoms with Crippen LogP contribution in [0.5, 0.6) is 0 Å². The molecule has 1 heterocycles. The van der Waals surface area contributed by atoms with Crippen molar-refractivity contribution in [2.75, 3.05) is 13.6 Å². The molecule has 1 rings (SSSR count). The van der Waals surface area contributed by atoms with Crippen molar-refractivity contribution < 1.29 is 13.2 Å². The third kappa shape index (κ3) is 3.05. The first-order valence-electron chi connectivity index (χ1n) is 5.60. The van der Waals surface area contributed by atoms with E-state index in [-0.39, 0.29) is 16.8 Å². The second kappa shape index (κ2) is 5.32. The largest absolute Gasteiger partial charge is 0.341 e. The Morgan fingerprint density at radius 3 is 2.44 bits per heavy atom. The molecule has 0 atom stereocenters. The van der Waals surface area contributed by atoms with Crippen LogP contribution in [0.3, 0.4) is 0 Å². The molecule has 0 radical (unpaired) electrons. The van der Waals surface area contributed by atoms with E-state index in [1.165, 1.54) is 17.2 Å². The summed E-state index contributed by atoms with van der Waals surface area (Å²) in [6, 6.07) is 1.29. The lowest BCUT2D eigenvalue weighted by Crippen LogP contribution is -2.28. The summed E-state index contributed by atoms with van der Waals surface area (Å²) < 4.78 is 24.2. The molecule has 1 amide bonds. The van der Waals surface area contributed by atoms with Crippen molar-refractivity contribution in [3.8, 4) is 0 Å². The third-order valence-corrected chi connectivity index (χ3v) is 4.02. The maximum absolute atomic E-state index is 12.1. The summed E-state index contributed by atoms with van der Waals surface area (Å²) in [5.74, 6) is -0.224. The minimum atomic E-state index is -3.82. The van der Waals surface area contributed by atoms with Gasteiger partial charge < -0.3 is 9.47 Å². The van der Waals surface area contributed by atoms with Gasteiger partial charge >= 0.3 is 0 Å². The van der Waals surface area contributed by atoms with Crippen LogP contribution < -0.4 is 0 Å². The fraction of sp³-hybridized carbons (Fsp3) is 0.545. The van der Waals surface area contributed by atoms with Crippen molar-refractivity contribution in [1.82, 2.24) is 9.47 Å². The van der Waals surface area contributed by atoms with Crippen molar-refractivity contribution >= 4 is 25.6 Å². The number of carbonyl (C=O) groups is 1. The third-order valence-electron chi connectivity index (χ3n) is 2.70. The van der Waals surface area contributed by atoms with Crippen LogP contribution in [-0.4, -0.2) is 37.4 Å². The lowest BCUT2D eigenvalue weighted by molar-refractivity contribution is 0.0790. The highest BCUT2D eigenvalue weighted by atomic mass is 35.7. The molecule has 18 heavy (non-hydrogen) atoms. The van der Waals surface area contributed by atoms with E-state index in [9.17, 15) is 13.2 Å². The van der Waals surface area contributed by atoms with Gasteiger partial charge in [-0.15, -0.1) is 0 Å². The SMILES string of the molecule is CCN(C)C(=O)c1cc(S(=O)(=O)Cl)cn1C(C)C. The first kappa shape index (κ1) is 15.0. The van der Waals surface area contributed by atoms with Crippen molar-refractivity contribution in [3.05, 3.63) is 18.0 Å². The van der Waals surface area contributed by atoms with Crippen LogP contribution in [0, 0.1) is 0 Å². The number of halogens is 1. The van der Waals surface area contributed by atoms with E-state index in [1.807, 2.05) is 20.8 Å². The van der Waals surface area contributed by atoms with Gasteiger partial charge in [-0.1, -0.05) is 0 Å². The molecule has 0 bridgehead atoms. The molecule has 1 aromatic heterocycles. The van der Waals surface area contributed by atoms with Crippen LogP contribution >= 0.6 is 10.7 Å². The lowest BCUT2D eigenvalue weighted by Gasteiger charge is -2.17. The number of amides is 1. The van der Waals surface area contributed by atoms with Crippen LogP contribution in [0.25, 0.3) is 0 Å². The monoisotopic (exact) mass is 292 g/mol. The van der Waals surface area contributed by atoms with Crippen LogP contribution in [-0.2, 0) is 9.05 Å². The molecule has 1 aromatic rings. The Balaban J connectivity index is 3.34. The maximum Gasteiger partial charge on any atom is 0.270 e. The summed E-state index contributed by atoms with van der Waals surface area (Å²) in [5.41, 5.74) is 0.327. The quantitative estimate of drug-likeness (QED) is 0.798. The van der Waals surface area contributed by atoms with E-state index in [0.29, 0.717) is 12.2 Å². The van der Waals surface area contributed by atoms with E-state index in [0.717, 1.165) is 0 Å². The van der Waals surface area contributed by atoms with Gasteiger partial charge in [-0.05, 0) is 26.8 Å². The Hall–Kier alpha value is -1.01. The van der Waals surface area contributed by atoms with E-state index >= 15 is 0 Å². The predicted molar refractivity (Wildman–Crippen MR) is 70.5 cm³/mol. The first-order chi connectivity index (χ1) is 8.18. The zero-order valence-electron chi connectivity index (χ0n) is 10.8. The van der Waals surface area contributed by atoms with Gasteiger partial charge in [-0.3, -0.25) is 4.79 Å². The summed E-state index contributed by atoms with van der Waals surface area (Å²) in [6.45, 7) is 6.13. The lowest BCUT2D eigenvalue weighted by atomic mass is 10.3. The minimum Gasteiger partial charge on any atom is -0.341 e. The summed E-state index contributed by atoms with van der Waals surface area (Å²) in [4.78, 5) is 13.6. The van der Waals surface area contributed by atoms with Gasteiger partial charge in [0, 0.05) is 36.5 Å². The van der Waals surface area contributed by atoms with Gasteiger partial charge in [-0.2, -0.15) is 0 Å². The Labute approximate surface area is 112 Å². The fourth-order valence-corrected chi connectivity index (χ4v) is 2.27. The number of hydrogen-bond acceptors (Lipinski definition) is 3. The molecule has 0 saturated carbocycles. The molecule has 5 nitrogen and oxygen atoms in total. The Morgan fingerprint density at radius 2 is 2.06 bits per heavy atom. The van der Waals surface area contributed by atoms with Crippen molar-refractivity contribution in [1.29, 1.82) is 0 Å². The van der Waals surface area contributed by atoms with Gasteiger partial charge in [0.15, 0.2) is 0 Å². The highest BCUT2D eigenvalue weighted by molar-refractivity contribution is 8.13. The number of nitrogens with zero attached hydrogens (tertiary/aromatic N) is 2. The highest BCUT2D eigenvalue weighted by Crippen LogP contribution is 2.22. The van der Waals surface area contributed by atoms with Gasteiger partial charge in [0.25, 0.3) is 15.0 Å². The van der Waals surface area contributed by atoms with Crippen molar-refractivity contribution in [3.63, 3.8) is 0 Å². The average Bonchev–Trinajstić information content (AvgIpc) is 2.71. The van der Waals surface area contributed by atoms with E-state index < -0.39 is 9.05 Å². The zero-order chi connectivity index (χ0) is 14.1. The Bertz CT molecular complexity index is 549. The summed E-state index contributed by atoms with van der Waals surface area (Å²) >= 11 is 0. The number of hydrogen-bond donors (Lipinski definition) is 0. The van der Waals surface area contributed by atoms with E-state index in [4.69, 9.17) is 10.7 Å². The molecule has 0 aliphatic carbocycles. The molecule has 0 spiro atoms. The molecule has 0 unspecified atom stereocenters. The molecule has 102 valence electrons. The first-order valence-corrected chi connectivity index (χ1v) is 7.91. The van der Waals surface area contributed by atoms with Crippen LogP contribution in [0.1, 0.15) is 37.3 Å². The summed E-state index contributed by atoms with van der Waals surface area (Å²) in [5, 5.41) is 0. The topological polar surface area (TPSA) is 59.4 Å². The normalized spacial score (nSPS) is 11.9. The molecule has 0 aliphatic rings. The smallest absolute Gasteiger partial charge is 0.270 e. The molecule has 0 saturated heterocycles. The number of carbonyl (C=O) groups excluding carboxylic acids is 1. The zero-order valence-corrected chi connectivity index (χ0v) is 12.4. The van der Waals surface area contributed by atoms with Crippen LogP contribution in [0.15, 0.2) is 17.2 Å². The van der Waals surface area contributed by atoms with Crippen LogP contribution in [0.2, 0.25) is 0 Å². The molecule has 7 heteroatoms. The minimum absolute atomic E-state index is 0.0265. The highest BCUT2D eigenvalue weighted by Gasteiger charge is 2.22. The predicted octanol–water partition coefficient (Wildman–Crippen LogP) is 2.09. The number of rotatable bonds is 4. The van der Waals surface area contributed by atoms with Gasteiger partial charge in [0.2, 0.25) is 0 Å². The van der Waals surface area contributed by atoms with Gasteiger partial charge in [0.1, 0.15) is 10.6 Å². The molecular formula is C11H17ClN2O3S. The molecule has 0 aromatic carbocycles. The molecule has 0 N–H and O–H groups in total. The van der Waals surface area contributed by atoms with Crippen molar-refractivity contribution in [2.24, 2.45) is 0 Å². The van der Waals surface area contributed by atoms with Crippen LogP contribution in [0.4, 0.5) is 0 Å². The second-order valence-electron chi connectivity index (χ2n) is 4.32. The second-order valence-corrected chi connectivity index (χ2v) is 6.89. The fourth-order valence-electron chi connectivity index (χ4n) is 1.53. The maximum atomic E-state index is 12.1. The molecular weight excluding hydrogens is 276 g/mol. The summed E-state index contributed by atoms with van der Waals surface area (Å²) in [7, 11) is 3.14. The van der Waals surface area contributed by atoms with E-state index in [2.05, 4.69) is 0 Å². The standard InChI is InChI=1S/C11H17ClN2O3S/c1-5-13(4)11(15)10-6-9(18(12,16)17)7-14(10)8(2)3/h6-8H,5H2,1-4H3.